The molecule has 0 fully saturated rings. The second kappa shape index (κ2) is 6.42. The SMILES string of the molecule is C=CCNC(=O)C1Cc2ccccc2CN1.Cl. The highest BCUT2D eigenvalue weighted by Gasteiger charge is 2.22. The molecule has 0 saturated heterocycles. The topological polar surface area (TPSA) is 41.1 Å². The Labute approximate surface area is 108 Å². The van der Waals surface area contributed by atoms with Crippen molar-refractivity contribution in [3.8, 4) is 0 Å². The van der Waals surface area contributed by atoms with Gasteiger partial charge in [0.15, 0.2) is 0 Å². The predicted molar refractivity (Wildman–Crippen MR) is 71.2 cm³/mol. The number of carbonyl (C=O) groups excluding carboxylic acids is 1. The number of rotatable bonds is 3. The average molecular weight is 253 g/mol. The Kier molecular flexibility index (Phi) is 5.19. The van der Waals surface area contributed by atoms with Crippen molar-refractivity contribution >= 4 is 18.3 Å². The summed E-state index contributed by atoms with van der Waals surface area (Å²) in [5.41, 5.74) is 2.55. The Morgan fingerprint density at radius 2 is 2.18 bits per heavy atom. The van der Waals surface area contributed by atoms with Crippen LogP contribution in [0.1, 0.15) is 11.1 Å². The van der Waals surface area contributed by atoms with Crippen molar-refractivity contribution in [3.63, 3.8) is 0 Å². The molecule has 2 rings (SSSR count). The molecule has 1 aromatic carbocycles. The quantitative estimate of drug-likeness (QED) is 0.799. The van der Waals surface area contributed by atoms with Gasteiger partial charge in [-0.2, -0.15) is 0 Å². The largest absolute Gasteiger partial charge is 0.351 e. The summed E-state index contributed by atoms with van der Waals surface area (Å²) in [7, 11) is 0. The van der Waals surface area contributed by atoms with Crippen LogP contribution in [0, 0.1) is 0 Å². The van der Waals surface area contributed by atoms with E-state index in [2.05, 4.69) is 29.3 Å². The standard InChI is InChI=1S/C13H16N2O.ClH/c1-2-7-14-13(16)12-8-10-5-3-4-6-11(10)9-15-12;/h2-6,12,15H,1,7-9H2,(H,14,16);1H. The van der Waals surface area contributed by atoms with Crippen LogP contribution in [0.4, 0.5) is 0 Å². The van der Waals surface area contributed by atoms with Gasteiger partial charge in [0.05, 0.1) is 6.04 Å². The summed E-state index contributed by atoms with van der Waals surface area (Å²) >= 11 is 0. The van der Waals surface area contributed by atoms with E-state index in [4.69, 9.17) is 0 Å². The number of amides is 1. The second-order valence-electron chi connectivity index (χ2n) is 3.94. The Morgan fingerprint density at radius 1 is 1.47 bits per heavy atom. The molecule has 1 aromatic rings. The number of fused-ring (bicyclic) bond motifs is 1. The summed E-state index contributed by atoms with van der Waals surface area (Å²) in [6.07, 6.45) is 2.45. The molecule has 2 N–H and O–H groups in total. The Morgan fingerprint density at radius 3 is 2.88 bits per heavy atom. The summed E-state index contributed by atoms with van der Waals surface area (Å²) in [5.74, 6) is 0.0504. The molecule has 0 radical (unpaired) electrons. The van der Waals surface area contributed by atoms with Gasteiger partial charge in [0.1, 0.15) is 0 Å². The number of carbonyl (C=O) groups is 1. The fourth-order valence-electron chi connectivity index (χ4n) is 1.94. The molecule has 1 atom stereocenters. The number of benzene rings is 1. The van der Waals surface area contributed by atoms with Gasteiger partial charge in [0.2, 0.25) is 5.91 Å². The fourth-order valence-corrected chi connectivity index (χ4v) is 1.94. The van der Waals surface area contributed by atoms with Crippen LogP contribution in [0.2, 0.25) is 0 Å². The first-order valence-corrected chi connectivity index (χ1v) is 5.50. The minimum absolute atomic E-state index is 0. The highest BCUT2D eigenvalue weighted by atomic mass is 35.5. The molecule has 0 saturated carbocycles. The van der Waals surface area contributed by atoms with Gasteiger partial charge in [0, 0.05) is 13.1 Å². The van der Waals surface area contributed by atoms with E-state index in [1.807, 2.05) is 12.1 Å². The summed E-state index contributed by atoms with van der Waals surface area (Å²) in [4.78, 5) is 11.7. The van der Waals surface area contributed by atoms with Crippen LogP contribution >= 0.6 is 12.4 Å². The lowest BCUT2D eigenvalue weighted by atomic mass is 9.95. The second-order valence-corrected chi connectivity index (χ2v) is 3.94. The van der Waals surface area contributed by atoms with Crippen LogP contribution < -0.4 is 10.6 Å². The first kappa shape index (κ1) is 13.7. The van der Waals surface area contributed by atoms with E-state index in [9.17, 15) is 4.79 Å². The fraction of sp³-hybridized carbons (Fsp3) is 0.308. The monoisotopic (exact) mass is 252 g/mol. The smallest absolute Gasteiger partial charge is 0.237 e. The van der Waals surface area contributed by atoms with E-state index in [0.29, 0.717) is 6.54 Å². The van der Waals surface area contributed by atoms with Crippen molar-refractivity contribution in [2.24, 2.45) is 0 Å². The molecule has 1 aliphatic rings. The van der Waals surface area contributed by atoms with Gasteiger partial charge in [-0.1, -0.05) is 30.3 Å². The molecule has 0 spiro atoms. The molecular formula is C13H17ClN2O. The zero-order chi connectivity index (χ0) is 11.4. The number of hydrogen-bond donors (Lipinski definition) is 2. The van der Waals surface area contributed by atoms with Crippen LogP contribution in [-0.2, 0) is 17.8 Å². The molecule has 4 heteroatoms. The van der Waals surface area contributed by atoms with Crippen LogP contribution in [0.5, 0.6) is 0 Å². The minimum atomic E-state index is -0.116. The van der Waals surface area contributed by atoms with Crippen molar-refractivity contribution in [2.75, 3.05) is 6.54 Å². The highest BCUT2D eigenvalue weighted by Crippen LogP contribution is 2.16. The van der Waals surface area contributed by atoms with Crippen molar-refractivity contribution < 1.29 is 4.79 Å². The Balaban J connectivity index is 0.00000144. The first-order chi connectivity index (χ1) is 7.81. The lowest BCUT2D eigenvalue weighted by Crippen LogP contribution is -2.47. The van der Waals surface area contributed by atoms with Gasteiger partial charge in [-0.05, 0) is 17.5 Å². The van der Waals surface area contributed by atoms with Crippen LogP contribution in [0.25, 0.3) is 0 Å². The van der Waals surface area contributed by atoms with E-state index in [1.54, 1.807) is 6.08 Å². The summed E-state index contributed by atoms with van der Waals surface area (Å²) in [6.45, 7) is 4.87. The molecule has 1 unspecified atom stereocenters. The normalized spacial score (nSPS) is 17.5. The predicted octanol–water partition coefficient (Wildman–Crippen LogP) is 1.42. The lowest BCUT2D eigenvalue weighted by molar-refractivity contribution is -0.123. The molecular weight excluding hydrogens is 236 g/mol. The third kappa shape index (κ3) is 3.32. The van der Waals surface area contributed by atoms with Crippen molar-refractivity contribution in [1.29, 1.82) is 0 Å². The van der Waals surface area contributed by atoms with Gasteiger partial charge >= 0.3 is 0 Å². The summed E-state index contributed by atoms with van der Waals surface area (Å²) < 4.78 is 0. The average Bonchev–Trinajstić information content (AvgIpc) is 2.35. The molecule has 1 aliphatic heterocycles. The molecule has 92 valence electrons. The van der Waals surface area contributed by atoms with Crippen molar-refractivity contribution in [1.82, 2.24) is 10.6 Å². The number of nitrogens with one attached hydrogen (secondary N) is 2. The van der Waals surface area contributed by atoms with Gasteiger partial charge in [0.25, 0.3) is 0 Å². The lowest BCUT2D eigenvalue weighted by Gasteiger charge is -2.25. The van der Waals surface area contributed by atoms with Crippen LogP contribution in [0.3, 0.4) is 0 Å². The maximum atomic E-state index is 11.7. The van der Waals surface area contributed by atoms with Gasteiger partial charge in [-0.3, -0.25) is 4.79 Å². The first-order valence-electron chi connectivity index (χ1n) is 5.50. The van der Waals surface area contributed by atoms with Gasteiger partial charge in [-0.15, -0.1) is 19.0 Å². The summed E-state index contributed by atoms with van der Waals surface area (Å²) in [6, 6.07) is 8.11. The summed E-state index contributed by atoms with van der Waals surface area (Å²) in [5, 5.41) is 6.05. The molecule has 1 heterocycles. The van der Waals surface area contributed by atoms with Gasteiger partial charge in [-0.25, -0.2) is 0 Å². The number of hydrogen-bond acceptors (Lipinski definition) is 2. The van der Waals surface area contributed by atoms with Crippen LogP contribution in [0.15, 0.2) is 36.9 Å². The van der Waals surface area contributed by atoms with E-state index in [0.717, 1.165) is 13.0 Å². The van der Waals surface area contributed by atoms with E-state index in [1.165, 1.54) is 11.1 Å². The highest BCUT2D eigenvalue weighted by molar-refractivity contribution is 5.85. The molecule has 0 bridgehead atoms. The minimum Gasteiger partial charge on any atom is -0.351 e. The van der Waals surface area contributed by atoms with Crippen molar-refractivity contribution in [3.05, 3.63) is 48.0 Å². The molecule has 0 aliphatic carbocycles. The Bertz CT molecular complexity index is 406. The Hall–Kier alpha value is -1.32. The third-order valence-electron chi connectivity index (χ3n) is 2.82. The third-order valence-corrected chi connectivity index (χ3v) is 2.82. The van der Waals surface area contributed by atoms with E-state index >= 15 is 0 Å². The molecule has 17 heavy (non-hydrogen) atoms. The maximum absolute atomic E-state index is 11.7. The van der Waals surface area contributed by atoms with Crippen molar-refractivity contribution in [2.45, 2.75) is 19.0 Å². The maximum Gasteiger partial charge on any atom is 0.237 e. The molecule has 3 nitrogen and oxygen atoms in total. The van der Waals surface area contributed by atoms with Crippen LogP contribution in [-0.4, -0.2) is 18.5 Å². The zero-order valence-electron chi connectivity index (χ0n) is 9.61. The number of halogens is 1. The molecule has 1 amide bonds. The van der Waals surface area contributed by atoms with E-state index in [-0.39, 0.29) is 24.4 Å². The zero-order valence-corrected chi connectivity index (χ0v) is 10.4. The molecule has 0 aromatic heterocycles. The van der Waals surface area contributed by atoms with E-state index < -0.39 is 0 Å². The van der Waals surface area contributed by atoms with Gasteiger partial charge < -0.3 is 10.6 Å².